The SMILES string of the molecule is COc1ccc(Cn2ccc(CC(=O)C(=O)c3ncn[nH]3)c2)cc1. The maximum Gasteiger partial charge on any atom is 0.265 e. The molecule has 0 bridgehead atoms. The molecule has 0 amide bonds. The van der Waals surface area contributed by atoms with Gasteiger partial charge in [-0.05, 0) is 29.3 Å². The molecule has 7 nitrogen and oxygen atoms in total. The highest BCUT2D eigenvalue weighted by Crippen LogP contribution is 2.13. The maximum atomic E-state index is 12.0. The summed E-state index contributed by atoms with van der Waals surface area (Å²) in [4.78, 5) is 27.6. The number of hydrogen-bond donors (Lipinski definition) is 1. The Hall–Kier alpha value is -3.22. The van der Waals surface area contributed by atoms with E-state index in [4.69, 9.17) is 4.74 Å². The number of benzene rings is 1. The van der Waals surface area contributed by atoms with Gasteiger partial charge in [0.25, 0.3) is 5.78 Å². The third-order valence-electron chi connectivity index (χ3n) is 3.58. The summed E-state index contributed by atoms with van der Waals surface area (Å²) >= 11 is 0. The molecule has 0 unspecified atom stereocenters. The van der Waals surface area contributed by atoms with Gasteiger partial charge in [0.05, 0.1) is 7.11 Å². The quantitative estimate of drug-likeness (QED) is 0.527. The number of aromatic amines is 1. The van der Waals surface area contributed by atoms with Gasteiger partial charge in [0.15, 0.2) is 5.82 Å². The summed E-state index contributed by atoms with van der Waals surface area (Å²) in [7, 11) is 1.63. The number of nitrogens with one attached hydrogen (secondary N) is 1. The Morgan fingerprint density at radius 1 is 1.17 bits per heavy atom. The van der Waals surface area contributed by atoms with E-state index in [1.54, 1.807) is 7.11 Å². The Kier molecular flexibility index (Phi) is 4.51. The predicted octanol–water partition coefficient (Wildman–Crippen LogP) is 1.66. The topological polar surface area (TPSA) is 89.9 Å². The minimum absolute atomic E-state index is 0.0299. The van der Waals surface area contributed by atoms with Crippen molar-refractivity contribution in [2.45, 2.75) is 13.0 Å². The van der Waals surface area contributed by atoms with Crippen LogP contribution in [0.1, 0.15) is 21.7 Å². The summed E-state index contributed by atoms with van der Waals surface area (Å²) in [5, 5.41) is 5.98. The molecule has 0 aliphatic carbocycles. The number of aromatic nitrogens is 4. The van der Waals surface area contributed by atoms with E-state index < -0.39 is 11.6 Å². The summed E-state index contributed by atoms with van der Waals surface area (Å²) in [5.74, 6) is -0.398. The van der Waals surface area contributed by atoms with E-state index in [0.29, 0.717) is 6.54 Å². The Labute approximate surface area is 138 Å². The number of Topliss-reactive ketones (excluding diaryl/α,β-unsaturated/α-hetero) is 2. The van der Waals surface area contributed by atoms with E-state index in [9.17, 15) is 9.59 Å². The van der Waals surface area contributed by atoms with Gasteiger partial charge in [-0.25, -0.2) is 4.98 Å². The number of carbonyl (C=O) groups is 2. The normalized spacial score (nSPS) is 10.5. The van der Waals surface area contributed by atoms with Crippen LogP contribution in [0.4, 0.5) is 0 Å². The van der Waals surface area contributed by atoms with Crippen LogP contribution in [0.5, 0.6) is 5.75 Å². The molecule has 3 aromatic rings. The van der Waals surface area contributed by atoms with Crippen molar-refractivity contribution in [1.82, 2.24) is 19.7 Å². The third-order valence-corrected chi connectivity index (χ3v) is 3.58. The fourth-order valence-electron chi connectivity index (χ4n) is 2.35. The van der Waals surface area contributed by atoms with Crippen molar-refractivity contribution in [1.29, 1.82) is 0 Å². The van der Waals surface area contributed by atoms with Crippen molar-refractivity contribution < 1.29 is 14.3 Å². The minimum Gasteiger partial charge on any atom is -0.497 e. The Balaban J connectivity index is 1.62. The molecule has 0 aliphatic rings. The van der Waals surface area contributed by atoms with Gasteiger partial charge < -0.3 is 9.30 Å². The van der Waals surface area contributed by atoms with Crippen LogP contribution >= 0.6 is 0 Å². The first-order valence-electron chi connectivity index (χ1n) is 7.36. The first kappa shape index (κ1) is 15.7. The van der Waals surface area contributed by atoms with Crippen LogP contribution < -0.4 is 4.74 Å². The minimum atomic E-state index is -0.657. The summed E-state index contributed by atoms with van der Waals surface area (Å²) < 4.78 is 7.09. The van der Waals surface area contributed by atoms with Gasteiger partial charge in [-0.2, -0.15) is 5.10 Å². The summed E-state index contributed by atoms with van der Waals surface area (Å²) in [5.41, 5.74) is 1.89. The number of H-pyrrole nitrogens is 1. The molecule has 0 spiro atoms. The lowest BCUT2D eigenvalue weighted by Crippen LogP contribution is -2.18. The second-order valence-corrected chi connectivity index (χ2v) is 5.30. The highest BCUT2D eigenvalue weighted by Gasteiger charge is 2.19. The smallest absolute Gasteiger partial charge is 0.265 e. The summed E-state index contributed by atoms with van der Waals surface area (Å²) in [6.45, 7) is 0.675. The van der Waals surface area contributed by atoms with Gasteiger partial charge in [0.1, 0.15) is 12.1 Å². The molecule has 24 heavy (non-hydrogen) atoms. The van der Waals surface area contributed by atoms with Crippen molar-refractivity contribution in [3.8, 4) is 5.75 Å². The average molecular weight is 324 g/mol. The lowest BCUT2D eigenvalue weighted by atomic mass is 10.1. The van der Waals surface area contributed by atoms with Crippen LogP contribution in [0.3, 0.4) is 0 Å². The Morgan fingerprint density at radius 3 is 2.62 bits per heavy atom. The number of hydrogen-bond acceptors (Lipinski definition) is 5. The van der Waals surface area contributed by atoms with Gasteiger partial charge in [-0.1, -0.05) is 12.1 Å². The zero-order valence-electron chi connectivity index (χ0n) is 13.1. The van der Waals surface area contributed by atoms with E-state index >= 15 is 0 Å². The van der Waals surface area contributed by atoms with E-state index in [0.717, 1.165) is 16.9 Å². The molecule has 122 valence electrons. The maximum absolute atomic E-state index is 12.0. The van der Waals surface area contributed by atoms with E-state index in [-0.39, 0.29) is 12.2 Å². The third kappa shape index (κ3) is 3.57. The predicted molar refractivity (Wildman–Crippen MR) is 86.0 cm³/mol. The lowest BCUT2D eigenvalue weighted by Gasteiger charge is -2.04. The van der Waals surface area contributed by atoms with Crippen LogP contribution in [0.15, 0.2) is 49.1 Å². The van der Waals surface area contributed by atoms with Gasteiger partial charge in [-0.3, -0.25) is 14.7 Å². The number of rotatable bonds is 7. The molecule has 3 rings (SSSR count). The number of carbonyl (C=O) groups excluding carboxylic acids is 2. The highest BCUT2D eigenvalue weighted by atomic mass is 16.5. The zero-order chi connectivity index (χ0) is 16.9. The second-order valence-electron chi connectivity index (χ2n) is 5.30. The molecule has 0 saturated carbocycles. The Morgan fingerprint density at radius 2 is 1.96 bits per heavy atom. The molecule has 2 aromatic heterocycles. The first-order valence-corrected chi connectivity index (χ1v) is 7.36. The van der Waals surface area contributed by atoms with Crippen molar-refractivity contribution >= 4 is 11.6 Å². The molecule has 0 aliphatic heterocycles. The van der Waals surface area contributed by atoms with Gasteiger partial charge in [-0.15, -0.1) is 0 Å². The standard InChI is InChI=1S/C17H16N4O3/c1-24-14-4-2-12(3-5-14)9-21-7-6-13(10-21)8-15(22)16(23)17-18-11-19-20-17/h2-7,10-11H,8-9H2,1H3,(H,18,19,20). The lowest BCUT2D eigenvalue weighted by molar-refractivity contribution is -0.114. The summed E-state index contributed by atoms with van der Waals surface area (Å²) in [6, 6.07) is 9.60. The van der Waals surface area contributed by atoms with E-state index in [1.165, 1.54) is 6.33 Å². The fourth-order valence-corrected chi connectivity index (χ4v) is 2.35. The van der Waals surface area contributed by atoms with Gasteiger partial charge in [0.2, 0.25) is 5.78 Å². The molecule has 0 radical (unpaired) electrons. The van der Waals surface area contributed by atoms with Crippen LogP contribution in [0, 0.1) is 0 Å². The molecule has 0 atom stereocenters. The van der Waals surface area contributed by atoms with Crippen LogP contribution in [-0.4, -0.2) is 38.4 Å². The molecular weight excluding hydrogens is 308 g/mol. The van der Waals surface area contributed by atoms with Crippen LogP contribution in [0.2, 0.25) is 0 Å². The van der Waals surface area contributed by atoms with Crippen LogP contribution in [-0.2, 0) is 17.8 Å². The van der Waals surface area contributed by atoms with E-state index in [2.05, 4.69) is 15.2 Å². The molecule has 1 aromatic carbocycles. The molecule has 1 N–H and O–H groups in total. The van der Waals surface area contributed by atoms with E-state index in [1.807, 2.05) is 47.3 Å². The van der Waals surface area contributed by atoms with Gasteiger partial charge in [0, 0.05) is 25.4 Å². The fraction of sp³-hybridized carbons (Fsp3) is 0.176. The Bertz CT molecular complexity index is 835. The molecule has 0 saturated heterocycles. The first-order chi connectivity index (χ1) is 11.7. The van der Waals surface area contributed by atoms with Crippen molar-refractivity contribution in [2.75, 3.05) is 7.11 Å². The number of ether oxygens (including phenoxy) is 1. The largest absolute Gasteiger partial charge is 0.497 e. The average Bonchev–Trinajstić information content (AvgIpc) is 3.27. The molecule has 7 heteroatoms. The van der Waals surface area contributed by atoms with Gasteiger partial charge >= 0.3 is 0 Å². The highest BCUT2D eigenvalue weighted by molar-refractivity contribution is 6.43. The second kappa shape index (κ2) is 6.91. The van der Waals surface area contributed by atoms with Crippen LogP contribution in [0.25, 0.3) is 0 Å². The van der Waals surface area contributed by atoms with Crippen molar-refractivity contribution in [3.63, 3.8) is 0 Å². The molecule has 2 heterocycles. The number of nitrogens with zero attached hydrogens (tertiary/aromatic N) is 3. The van der Waals surface area contributed by atoms with Crippen molar-refractivity contribution in [3.05, 3.63) is 66.0 Å². The molecular formula is C17H16N4O3. The van der Waals surface area contributed by atoms with Crippen molar-refractivity contribution in [2.24, 2.45) is 0 Å². The monoisotopic (exact) mass is 324 g/mol. The summed E-state index contributed by atoms with van der Waals surface area (Å²) in [6.07, 6.45) is 4.97. The zero-order valence-corrected chi connectivity index (χ0v) is 13.1. The number of methoxy groups -OCH3 is 1. The number of ketones is 2. The molecule has 0 fully saturated rings.